The number of H-pyrrole nitrogens is 1. The van der Waals surface area contributed by atoms with E-state index in [9.17, 15) is 4.79 Å². The molecule has 0 saturated carbocycles. The van der Waals surface area contributed by atoms with E-state index >= 15 is 0 Å². The van der Waals surface area contributed by atoms with Crippen LogP contribution >= 0.6 is 0 Å². The highest BCUT2D eigenvalue weighted by molar-refractivity contribution is 5.83. The number of nitrogens with zero attached hydrogens (tertiary/aromatic N) is 1. The SMILES string of the molecule is COc1cc(CNc2cc3ccccc3c(=O)[nH]2)ccn1. The van der Waals surface area contributed by atoms with Crippen molar-refractivity contribution in [3.63, 3.8) is 0 Å². The van der Waals surface area contributed by atoms with Gasteiger partial charge in [-0.3, -0.25) is 4.79 Å². The first-order chi connectivity index (χ1) is 10.3. The van der Waals surface area contributed by atoms with Crippen molar-refractivity contribution in [3.8, 4) is 5.88 Å². The minimum absolute atomic E-state index is 0.0945. The number of hydrogen-bond donors (Lipinski definition) is 2. The maximum atomic E-state index is 12.0. The molecular formula is C16H15N3O2. The van der Waals surface area contributed by atoms with E-state index in [4.69, 9.17) is 4.74 Å². The maximum Gasteiger partial charge on any atom is 0.257 e. The van der Waals surface area contributed by atoms with Gasteiger partial charge in [0, 0.05) is 24.2 Å². The number of benzene rings is 1. The number of methoxy groups -OCH3 is 1. The monoisotopic (exact) mass is 281 g/mol. The lowest BCUT2D eigenvalue weighted by Crippen LogP contribution is -2.10. The fourth-order valence-electron chi connectivity index (χ4n) is 2.18. The fraction of sp³-hybridized carbons (Fsp3) is 0.125. The molecule has 0 unspecified atom stereocenters. The summed E-state index contributed by atoms with van der Waals surface area (Å²) < 4.78 is 5.09. The molecule has 0 fully saturated rings. The summed E-state index contributed by atoms with van der Waals surface area (Å²) in [6.45, 7) is 0.577. The van der Waals surface area contributed by atoms with E-state index in [0.717, 1.165) is 10.9 Å². The Bertz CT molecular complexity index is 827. The first-order valence-electron chi connectivity index (χ1n) is 6.61. The molecule has 21 heavy (non-hydrogen) atoms. The van der Waals surface area contributed by atoms with E-state index in [1.807, 2.05) is 42.5 Å². The topological polar surface area (TPSA) is 67.0 Å². The highest BCUT2D eigenvalue weighted by atomic mass is 16.5. The van der Waals surface area contributed by atoms with Crippen LogP contribution in [0.3, 0.4) is 0 Å². The normalized spacial score (nSPS) is 10.5. The zero-order chi connectivity index (χ0) is 14.7. The van der Waals surface area contributed by atoms with Crippen LogP contribution in [-0.4, -0.2) is 17.1 Å². The van der Waals surface area contributed by atoms with Crippen molar-refractivity contribution < 1.29 is 4.74 Å². The molecule has 0 aliphatic heterocycles. The Morgan fingerprint density at radius 1 is 1.24 bits per heavy atom. The average Bonchev–Trinajstić information content (AvgIpc) is 2.53. The largest absolute Gasteiger partial charge is 0.481 e. The van der Waals surface area contributed by atoms with Gasteiger partial charge in [-0.05, 0) is 29.1 Å². The highest BCUT2D eigenvalue weighted by Gasteiger charge is 2.02. The minimum Gasteiger partial charge on any atom is -0.481 e. The van der Waals surface area contributed by atoms with E-state index in [2.05, 4.69) is 15.3 Å². The molecule has 5 heteroatoms. The zero-order valence-electron chi connectivity index (χ0n) is 11.6. The molecule has 3 rings (SSSR count). The number of pyridine rings is 2. The summed E-state index contributed by atoms with van der Waals surface area (Å²) in [6.07, 6.45) is 1.69. The van der Waals surface area contributed by atoms with Gasteiger partial charge in [-0.1, -0.05) is 18.2 Å². The Morgan fingerprint density at radius 3 is 2.95 bits per heavy atom. The van der Waals surface area contributed by atoms with Crippen LogP contribution in [0.4, 0.5) is 5.82 Å². The van der Waals surface area contributed by atoms with E-state index in [1.54, 1.807) is 13.3 Å². The van der Waals surface area contributed by atoms with Crippen LogP contribution in [0.15, 0.2) is 53.5 Å². The predicted molar refractivity (Wildman–Crippen MR) is 82.7 cm³/mol. The third-order valence-electron chi connectivity index (χ3n) is 3.24. The zero-order valence-corrected chi connectivity index (χ0v) is 11.6. The van der Waals surface area contributed by atoms with Crippen LogP contribution in [0.2, 0.25) is 0 Å². The third-order valence-corrected chi connectivity index (χ3v) is 3.24. The second kappa shape index (κ2) is 5.66. The van der Waals surface area contributed by atoms with Crippen LogP contribution < -0.4 is 15.6 Å². The number of nitrogens with one attached hydrogen (secondary N) is 2. The van der Waals surface area contributed by atoms with Gasteiger partial charge >= 0.3 is 0 Å². The van der Waals surface area contributed by atoms with E-state index in [1.165, 1.54) is 0 Å². The van der Waals surface area contributed by atoms with E-state index in [0.29, 0.717) is 23.6 Å². The molecule has 0 bridgehead atoms. The summed E-state index contributed by atoms with van der Waals surface area (Å²) >= 11 is 0. The molecule has 2 aromatic heterocycles. The Morgan fingerprint density at radius 2 is 2.10 bits per heavy atom. The number of rotatable bonds is 4. The average molecular weight is 281 g/mol. The summed E-state index contributed by atoms with van der Waals surface area (Å²) in [6, 6.07) is 13.2. The molecule has 2 N–H and O–H groups in total. The summed E-state index contributed by atoms with van der Waals surface area (Å²) in [7, 11) is 1.58. The molecule has 0 atom stereocenters. The second-order valence-electron chi connectivity index (χ2n) is 4.66. The molecule has 2 heterocycles. The fourth-order valence-corrected chi connectivity index (χ4v) is 2.18. The molecule has 0 aliphatic rings. The first kappa shape index (κ1) is 13.2. The Labute approximate surface area is 121 Å². The van der Waals surface area contributed by atoms with Gasteiger partial charge in [0.15, 0.2) is 0 Å². The maximum absolute atomic E-state index is 12.0. The Balaban J connectivity index is 1.83. The van der Waals surface area contributed by atoms with E-state index in [-0.39, 0.29) is 5.56 Å². The van der Waals surface area contributed by atoms with Gasteiger partial charge in [0.2, 0.25) is 5.88 Å². The first-order valence-corrected chi connectivity index (χ1v) is 6.61. The van der Waals surface area contributed by atoms with Crippen LogP contribution in [0.1, 0.15) is 5.56 Å². The third kappa shape index (κ3) is 2.86. The molecule has 0 radical (unpaired) electrons. The Kier molecular flexibility index (Phi) is 3.55. The van der Waals surface area contributed by atoms with Gasteiger partial charge < -0.3 is 15.0 Å². The van der Waals surface area contributed by atoms with Gasteiger partial charge in [-0.25, -0.2) is 4.98 Å². The number of aromatic amines is 1. The summed E-state index contributed by atoms with van der Waals surface area (Å²) in [5.41, 5.74) is 0.929. The molecule has 0 saturated heterocycles. The summed E-state index contributed by atoms with van der Waals surface area (Å²) in [4.78, 5) is 18.9. The van der Waals surface area contributed by atoms with Crippen LogP contribution in [-0.2, 0) is 6.54 Å². The second-order valence-corrected chi connectivity index (χ2v) is 4.66. The van der Waals surface area contributed by atoms with Crippen molar-refractivity contribution in [3.05, 3.63) is 64.6 Å². The molecule has 106 valence electrons. The van der Waals surface area contributed by atoms with Gasteiger partial charge in [-0.2, -0.15) is 0 Å². The number of aromatic nitrogens is 2. The van der Waals surface area contributed by atoms with Crippen molar-refractivity contribution in [2.24, 2.45) is 0 Å². The minimum atomic E-state index is -0.0945. The van der Waals surface area contributed by atoms with Crippen molar-refractivity contribution in [2.75, 3.05) is 12.4 Å². The van der Waals surface area contributed by atoms with Crippen LogP contribution in [0.25, 0.3) is 10.8 Å². The van der Waals surface area contributed by atoms with Crippen molar-refractivity contribution in [2.45, 2.75) is 6.54 Å². The molecule has 1 aromatic carbocycles. The molecule has 0 spiro atoms. The van der Waals surface area contributed by atoms with Gasteiger partial charge in [-0.15, -0.1) is 0 Å². The lowest BCUT2D eigenvalue weighted by molar-refractivity contribution is 0.397. The molecule has 3 aromatic rings. The molecule has 0 aliphatic carbocycles. The molecular weight excluding hydrogens is 266 g/mol. The van der Waals surface area contributed by atoms with Crippen LogP contribution in [0.5, 0.6) is 5.88 Å². The lowest BCUT2D eigenvalue weighted by atomic mass is 10.2. The predicted octanol–water partition coefficient (Wildman–Crippen LogP) is 2.54. The van der Waals surface area contributed by atoms with Gasteiger partial charge in [0.25, 0.3) is 5.56 Å². The standard InChI is InChI=1S/C16H15N3O2/c1-21-15-8-11(6-7-17-15)10-18-14-9-12-4-2-3-5-13(12)16(20)19-14/h2-9H,10H2,1H3,(H2,18,19,20). The van der Waals surface area contributed by atoms with Gasteiger partial charge in [0.1, 0.15) is 5.82 Å². The molecule has 0 amide bonds. The van der Waals surface area contributed by atoms with Crippen LogP contribution in [0, 0.1) is 0 Å². The quantitative estimate of drug-likeness (QED) is 0.771. The highest BCUT2D eigenvalue weighted by Crippen LogP contribution is 2.14. The number of anilines is 1. The number of hydrogen-bond acceptors (Lipinski definition) is 4. The van der Waals surface area contributed by atoms with Crippen molar-refractivity contribution >= 4 is 16.6 Å². The van der Waals surface area contributed by atoms with Gasteiger partial charge in [0.05, 0.1) is 7.11 Å². The number of ether oxygens (including phenoxy) is 1. The van der Waals surface area contributed by atoms with Crippen molar-refractivity contribution in [1.29, 1.82) is 0 Å². The number of fused-ring (bicyclic) bond motifs is 1. The van der Waals surface area contributed by atoms with Crippen molar-refractivity contribution in [1.82, 2.24) is 9.97 Å². The smallest absolute Gasteiger partial charge is 0.257 e. The summed E-state index contributed by atoms with van der Waals surface area (Å²) in [5.74, 6) is 1.26. The lowest BCUT2D eigenvalue weighted by Gasteiger charge is -2.08. The molecule has 5 nitrogen and oxygen atoms in total. The summed E-state index contributed by atoms with van der Waals surface area (Å²) in [5, 5.41) is 4.81. The van der Waals surface area contributed by atoms with E-state index < -0.39 is 0 Å². The Hall–Kier alpha value is -2.82.